The van der Waals surface area contributed by atoms with E-state index in [1.807, 2.05) is 31.2 Å². The molecular weight excluding hydrogens is 372 g/mol. The molecule has 3 rings (SSSR count). The van der Waals surface area contributed by atoms with Crippen LogP contribution in [0, 0.1) is 22.2 Å². The van der Waals surface area contributed by atoms with Gasteiger partial charge in [0.15, 0.2) is 5.78 Å². The zero-order chi connectivity index (χ0) is 22.3. The first-order valence-corrected chi connectivity index (χ1v) is 10.8. The highest BCUT2D eigenvalue weighted by Crippen LogP contribution is 2.57. The van der Waals surface area contributed by atoms with Crippen LogP contribution in [0.4, 0.5) is 0 Å². The molecular formula is C27H34O3. The molecule has 30 heavy (non-hydrogen) atoms. The van der Waals surface area contributed by atoms with Gasteiger partial charge in [-0.15, -0.1) is 0 Å². The van der Waals surface area contributed by atoms with Crippen LogP contribution in [0.2, 0.25) is 0 Å². The van der Waals surface area contributed by atoms with Crippen molar-refractivity contribution in [2.45, 2.75) is 54.4 Å². The lowest BCUT2D eigenvalue weighted by Gasteiger charge is -2.42. The van der Waals surface area contributed by atoms with Crippen molar-refractivity contribution < 1.29 is 14.3 Å². The van der Waals surface area contributed by atoms with E-state index in [0.29, 0.717) is 6.61 Å². The van der Waals surface area contributed by atoms with Gasteiger partial charge >= 0.3 is 5.97 Å². The number of carbonyl (C=O) groups is 2. The Morgan fingerprint density at radius 1 is 0.933 bits per heavy atom. The summed E-state index contributed by atoms with van der Waals surface area (Å²) in [7, 11) is 0. The second kappa shape index (κ2) is 7.68. The maximum absolute atomic E-state index is 13.5. The number of benzene rings is 1. The van der Waals surface area contributed by atoms with Crippen LogP contribution in [-0.4, -0.2) is 18.4 Å². The van der Waals surface area contributed by atoms with Crippen LogP contribution in [0.15, 0.2) is 65.8 Å². The number of hydrogen-bond acceptors (Lipinski definition) is 3. The summed E-state index contributed by atoms with van der Waals surface area (Å²) < 4.78 is 5.47. The molecule has 0 bridgehead atoms. The van der Waals surface area contributed by atoms with Crippen molar-refractivity contribution >= 4 is 11.8 Å². The van der Waals surface area contributed by atoms with Crippen molar-refractivity contribution in [2.24, 2.45) is 22.2 Å². The van der Waals surface area contributed by atoms with Crippen LogP contribution in [0.1, 0.15) is 59.9 Å². The van der Waals surface area contributed by atoms with Crippen LogP contribution in [0.3, 0.4) is 0 Å². The Morgan fingerprint density at radius 2 is 1.47 bits per heavy atom. The van der Waals surface area contributed by atoms with Gasteiger partial charge < -0.3 is 4.74 Å². The first-order valence-electron chi connectivity index (χ1n) is 10.8. The first-order chi connectivity index (χ1) is 13.9. The monoisotopic (exact) mass is 406 g/mol. The Morgan fingerprint density at radius 3 is 1.93 bits per heavy atom. The molecule has 1 aromatic carbocycles. The van der Waals surface area contributed by atoms with Gasteiger partial charge in [-0.25, -0.2) is 0 Å². The van der Waals surface area contributed by atoms with Gasteiger partial charge in [0.05, 0.1) is 12.5 Å². The number of ketones is 1. The number of Topliss-reactive ketones (excluding diaryl/α,β-unsaturated/α-hetero) is 1. The minimum absolute atomic E-state index is 0.0455. The molecule has 2 atom stereocenters. The highest BCUT2D eigenvalue weighted by Gasteiger charge is 2.53. The molecule has 0 aliphatic heterocycles. The molecule has 0 aromatic heterocycles. The molecule has 0 radical (unpaired) electrons. The number of hydrogen-bond donors (Lipinski definition) is 0. The van der Waals surface area contributed by atoms with Crippen LogP contribution in [-0.2, 0) is 14.3 Å². The second-order valence-electron chi connectivity index (χ2n) is 10.4. The summed E-state index contributed by atoms with van der Waals surface area (Å²) >= 11 is 0. The number of carbonyl (C=O) groups excluding carboxylic acids is 2. The van der Waals surface area contributed by atoms with Gasteiger partial charge in [0.2, 0.25) is 0 Å². The highest BCUT2D eigenvalue weighted by molar-refractivity contribution is 6.11. The van der Waals surface area contributed by atoms with Gasteiger partial charge in [0.25, 0.3) is 0 Å². The molecule has 2 aliphatic rings. The molecule has 0 saturated heterocycles. The van der Waals surface area contributed by atoms with E-state index < -0.39 is 11.3 Å². The maximum atomic E-state index is 13.5. The molecule has 2 aliphatic carbocycles. The van der Waals surface area contributed by atoms with Gasteiger partial charge in [-0.2, -0.15) is 0 Å². The Bertz CT molecular complexity index is 883. The topological polar surface area (TPSA) is 43.4 Å². The molecule has 3 nitrogen and oxygen atoms in total. The third kappa shape index (κ3) is 3.82. The summed E-state index contributed by atoms with van der Waals surface area (Å²) in [5, 5.41) is 0. The van der Waals surface area contributed by atoms with E-state index in [4.69, 9.17) is 4.74 Å². The van der Waals surface area contributed by atoms with E-state index in [1.165, 1.54) is 0 Å². The largest absolute Gasteiger partial charge is 0.466 e. The van der Waals surface area contributed by atoms with Crippen molar-refractivity contribution in [1.29, 1.82) is 0 Å². The standard InChI is InChI=1S/C27H34O3/c1-8-30-24(29)20-15-14-19(18-12-10-9-11-13-18)27(20)16-21(25(2,3)4)23(28)22(17-27)26(5,6)7/h9-17,19-20H,8H2,1-7H3/t19-,20+/m0/s1. The molecule has 0 fully saturated rings. The molecule has 1 spiro atoms. The van der Waals surface area contributed by atoms with Crippen molar-refractivity contribution in [3.05, 3.63) is 71.3 Å². The normalized spacial score (nSPS) is 23.4. The van der Waals surface area contributed by atoms with E-state index in [2.05, 4.69) is 71.9 Å². The summed E-state index contributed by atoms with van der Waals surface area (Å²) in [5.74, 6) is -0.668. The van der Waals surface area contributed by atoms with Crippen LogP contribution < -0.4 is 0 Å². The zero-order valence-electron chi connectivity index (χ0n) is 19.3. The van der Waals surface area contributed by atoms with Crippen molar-refractivity contribution in [2.75, 3.05) is 6.61 Å². The summed E-state index contributed by atoms with van der Waals surface area (Å²) in [4.78, 5) is 26.6. The lowest BCUT2D eigenvalue weighted by atomic mass is 9.59. The number of esters is 1. The fourth-order valence-corrected chi connectivity index (χ4v) is 4.62. The van der Waals surface area contributed by atoms with E-state index in [-0.39, 0.29) is 28.5 Å². The molecule has 0 amide bonds. The van der Waals surface area contributed by atoms with Crippen molar-refractivity contribution in [3.8, 4) is 0 Å². The molecule has 0 heterocycles. The third-order valence-corrected chi connectivity index (χ3v) is 6.17. The van der Waals surface area contributed by atoms with Crippen molar-refractivity contribution in [3.63, 3.8) is 0 Å². The van der Waals surface area contributed by atoms with Crippen molar-refractivity contribution in [1.82, 2.24) is 0 Å². The summed E-state index contributed by atoms with van der Waals surface area (Å²) in [6.45, 7) is 14.6. The first kappa shape index (κ1) is 22.3. The summed E-state index contributed by atoms with van der Waals surface area (Å²) in [6.07, 6.45) is 8.23. The minimum atomic E-state index is -0.660. The van der Waals surface area contributed by atoms with Gasteiger partial charge in [-0.05, 0) is 23.3 Å². The zero-order valence-corrected chi connectivity index (χ0v) is 19.3. The molecule has 0 saturated carbocycles. The van der Waals surface area contributed by atoms with Gasteiger partial charge in [-0.3, -0.25) is 9.59 Å². The SMILES string of the molecule is CCOC(=O)[C@H]1C=C[C@@H](c2ccccc2)C12C=C(C(C)(C)C)C(=O)C(C(C)(C)C)=C2. The van der Waals surface area contributed by atoms with Gasteiger partial charge in [-0.1, -0.05) is 96.2 Å². The highest BCUT2D eigenvalue weighted by atomic mass is 16.5. The average molecular weight is 407 g/mol. The number of rotatable bonds is 3. The molecule has 0 unspecified atom stereocenters. The summed E-state index contributed by atoms with van der Waals surface area (Å²) in [5.41, 5.74) is 1.34. The fraction of sp³-hybridized carbons (Fsp3) is 0.481. The van der Waals surface area contributed by atoms with Crippen LogP contribution in [0.25, 0.3) is 0 Å². The van der Waals surface area contributed by atoms with Gasteiger partial charge in [0, 0.05) is 22.5 Å². The van der Waals surface area contributed by atoms with E-state index in [0.717, 1.165) is 16.7 Å². The van der Waals surface area contributed by atoms with Gasteiger partial charge in [0.1, 0.15) is 0 Å². The Balaban J connectivity index is 2.31. The molecule has 160 valence electrons. The molecule has 0 N–H and O–H groups in total. The maximum Gasteiger partial charge on any atom is 0.314 e. The van der Waals surface area contributed by atoms with E-state index in [1.54, 1.807) is 0 Å². The van der Waals surface area contributed by atoms with Crippen LogP contribution >= 0.6 is 0 Å². The predicted octanol–water partition coefficient (Wildman–Crippen LogP) is 6.03. The lowest BCUT2D eigenvalue weighted by molar-refractivity contribution is -0.148. The Hall–Kier alpha value is -2.42. The average Bonchev–Trinajstić information content (AvgIpc) is 3.01. The third-order valence-electron chi connectivity index (χ3n) is 6.17. The van der Waals surface area contributed by atoms with E-state index in [9.17, 15) is 9.59 Å². The predicted molar refractivity (Wildman–Crippen MR) is 121 cm³/mol. The Kier molecular flexibility index (Phi) is 5.70. The molecule has 3 heteroatoms. The quantitative estimate of drug-likeness (QED) is 0.454. The smallest absolute Gasteiger partial charge is 0.314 e. The lowest BCUT2D eigenvalue weighted by Crippen LogP contribution is -2.41. The molecule has 1 aromatic rings. The number of ether oxygens (including phenoxy) is 1. The summed E-state index contributed by atoms with van der Waals surface area (Å²) in [6, 6.07) is 10.2. The number of allylic oxidation sites excluding steroid dienone is 5. The minimum Gasteiger partial charge on any atom is -0.466 e. The second-order valence-corrected chi connectivity index (χ2v) is 10.4. The van der Waals surface area contributed by atoms with E-state index >= 15 is 0 Å². The Labute approximate surface area is 180 Å². The fourth-order valence-electron chi connectivity index (χ4n) is 4.62. The van der Waals surface area contributed by atoms with Crippen LogP contribution in [0.5, 0.6) is 0 Å².